The Labute approximate surface area is 157 Å². The minimum atomic E-state index is -0.660. The van der Waals surface area contributed by atoms with Crippen LogP contribution in [-0.2, 0) is 14.3 Å². The maximum atomic E-state index is 12.8. The van der Waals surface area contributed by atoms with Crippen LogP contribution in [0.25, 0.3) is 0 Å². The number of carbonyl (C=O) groups excluding carboxylic acids is 1. The first-order valence-electron chi connectivity index (χ1n) is 10.7. The third kappa shape index (κ3) is 2.15. The minimum Gasteiger partial charge on any atom is -0.393 e. The zero-order valence-corrected chi connectivity index (χ0v) is 16.7. The second-order valence-corrected chi connectivity index (χ2v) is 10.8. The van der Waals surface area contributed by atoms with E-state index in [1.807, 2.05) is 13.8 Å². The molecule has 5 aliphatic rings. The lowest BCUT2D eigenvalue weighted by molar-refractivity contribution is -0.261. The topological polar surface area (TPSA) is 55.8 Å². The number of fused-ring (bicyclic) bond motifs is 2. The van der Waals surface area contributed by atoms with E-state index in [1.54, 1.807) is 0 Å². The summed E-state index contributed by atoms with van der Waals surface area (Å²) in [6, 6.07) is 0. The summed E-state index contributed by atoms with van der Waals surface area (Å²) >= 11 is 0. The van der Waals surface area contributed by atoms with Crippen LogP contribution in [-0.4, -0.2) is 35.0 Å². The van der Waals surface area contributed by atoms with Gasteiger partial charge in [0.1, 0.15) is 5.78 Å². The molecule has 5 fully saturated rings. The summed E-state index contributed by atoms with van der Waals surface area (Å²) in [6.45, 7) is 8.66. The number of aliphatic hydroxyl groups is 1. The van der Waals surface area contributed by atoms with Crippen LogP contribution in [0.2, 0.25) is 0 Å². The van der Waals surface area contributed by atoms with Gasteiger partial charge >= 0.3 is 0 Å². The molecule has 5 rings (SSSR count). The SMILES string of the molecule is CC1(C)O[C@@H]2C[C@]3(C)C(=O)CC[C@H]3[C@@H]3CC[C@H]4C[C@H](O)C[C@@H](O1)[C@]4(C)[C@H]32. The first kappa shape index (κ1) is 17.6. The second kappa shape index (κ2) is 5.33. The molecule has 4 nitrogen and oxygen atoms in total. The number of aliphatic hydroxyl groups excluding tert-OH is 1. The molecule has 0 aromatic heterocycles. The van der Waals surface area contributed by atoms with E-state index in [0.29, 0.717) is 29.5 Å². The molecular formula is C22H34O4. The zero-order valence-electron chi connectivity index (χ0n) is 16.7. The normalized spacial score (nSPS) is 57.9. The van der Waals surface area contributed by atoms with Crippen LogP contribution in [0.15, 0.2) is 0 Å². The molecule has 26 heavy (non-hydrogen) atoms. The number of rotatable bonds is 0. The number of ether oxygens (including phenoxy) is 2. The highest BCUT2D eigenvalue weighted by atomic mass is 16.7. The number of hydrogen-bond donors (Lipinski definition) is 1. The molecule has 1 aliphatic heterocycles. The van der Waals surface area contributed by atoms with Gasteiger partial charge in [0, 0.05) is 23.7 Å². The van der Waals surface area contributed by atoms with Crippen LogP contribution in [0.5, 0.6) is 0 Å². The molecule has 0 spiro atoms. The van der Waals surface area contributed by atoms with Gasteiger partial charge in [-0.2, -0.15) is 0 Å². The molecule has 146 valence electrons. The predicted octanol–water partition coefficient (Wildman–Crippen LogP) is 3.70. The van der Waals surface area contributed by atoms with Crippen molar-refractivity contribution in [1.82, 2.24) is 0 Å². The quantitative estimate of drug-likeness (QED) is 0.714. The Balaban J connectivity index is 1.63. The van der Waals surface area contributed by atoms with Crippen LogP contribution >= 0.6 is 0 Å². The van der Waals surface area contributed by atoms with Crippen molar-refractivity contribution in [1.29, 1.82) is 0 Å². The Bertz CT molecular complexity index is 630. The molecule has 0 amide bonds. The maximum Gasteiger partial charge on any atom is 0.163 e. The van der Waals surface area contributed by atoms with Crippen molar-refractivity contribution in [2.75, 3.05) is 0 Å². The van der Waals surface area contributed by atoms with E-state index in [4.69, 9.17) is 9.47 Å². The van der Waals surface area contributed by atoms with E-state index in [1.165, 1.54) is 6.42 Å². The Morgan fingerprint density at radius 3 is 2.58 bits per heavy atom. The molecule has 1 heterocycles. The molecule has 1 N–H and O–H groups in total. The number of carbonyl (C=O) groups is 1. The van der Waals surface area contributed by atoms with Gasteiger partial charge in [-0.15, -0.1) is 0 Å². The van der Waals surface area contributed by atoms with Gasteiger partial charge in [-0.05, 0) is 69.6 Å². The van der Waals surface area contributed by atoms with E-state index in [2.05, 4.69) is 13.8 Å². The Morgan fingerprint density at radius 2 is 1.81 bits per heavy atom. The van der Waals surface area contributed by atoms with Gasteiger partial charge in [0.15, 0.2) is 5.79 Å². The first-order valence-corrected chi connectivity index (χ1v) is 10.7. The highest BCUT2D eigenvalue weighted by Gasteiger charge is 2.68. The van der Waals surface area contributed by atoms with Gasteiger partial charge in [-0.1, -0.05) is 13.8 Å². The van der Waals surface area contributed by atoms with Crippen molar-refractivity contribution < 1.29 is 19.4 Å². The van der Waals surface area contributed by atoms with E-state index < -0.39 is 5.79 Å². The largest absolute Gasteiger partial charge is 0.393 e. The van der Waals surface area contributed by atoms with Crippen LogP contribution in [0.4, 0.5) is 0 Å². The molecule has 1 saturated heterocycles. The molecule has 0 aromatic carbocycles. The van der Waals surface area contributed by atoms with Crippen LogP contribution in [0.3, 0.4) is 0 Å². The Hall–Kier alpha value is -0.450. The molecule has 0 radical (unpaired) electrons. The fraction of sp³-hybridized carbons (Fsp3) is 0.955. The lowest BCUT2D eigenvalue weighted by Gasteiger charge is -2.62. The molecule has 0 unspecified atom stereocenters. The fourth-order valence-electron chi connectivity index (χ4n) is 8.14. The molecule has 4 saturated carbocycles. The number of ketones is 1. The van der Waals surface area contributed by atoms with Gasteiger partial charge in [-0.3, -0.25) is 4.79 Å². The van der Waals surface area contributed by atoms with Crippen molar-refractivity contribution in [3.63, 3.8) is 0 Å². The summed E-state index contributed by atoms with van der Waals surface area (Å²) in [5.74, 6) is 1.80. The molecule has 0 aromatic rings. The van der Waals surface area contributed by atoms with Gasteiger partial charge in [-0.25, -0.2) is 0 Å². The summed E-state index contributed by atoms with van der Waals surface area (Å²) in [4.78, 5) is 12.8. The zero-order chi connectivity index (χ0) is 18.5. The molecule has 0 bridgehead atoms. The first-order chi connectivity index (χ1) is 12.1. The van der Waals surface area contributed by atoms with E-state index in [0.717, 1.165) is 38.5 Å². The lowest BCUT2D eigenvalue weighted by atomic mass is 9.43. The number of hydrogen-bond acceptors (Lipinski definition) is 4. The van der Waals surface area contributed by atoms with Crippen molar-refractivity contribution in [2.24, 2.45) is 34.5 Å². The van der Waals surface area contributed by atoms with Crippen LogP contribution in [0, 0.1) is 34.5 Å². The summed E-state index contributed by atoms with van der Waals surface area (Å²) in [5.41, 5.74) is -0.160. The number of Topliss-reactive ketones (excluding diaryl/α,β-unsaturated/α-hetero) is 1. The van der Waals surface area contributed by atoms with Crippen LogP contribution in [0.1, 0.15) is 72.6 Å². The third-order valence-corrected chi connectivity index (χ3v) is 9.19. The summed E-state index contributed by atoms with van der Waals surface area (Å²) in [6.07, 6.45) is 6.48. The van der Waals surface area contributed by atoms with Gasteiger partial charge < -0.3 is 14.6 Å². The van der Waals surface area contributed by atoms with Gasteiger partial charge in [0.25, 0.3) is 0 Å². The Morgan fingerprint density at radius 1 is 1.04 bits per heavy atom. The lowest BCUT2D eigenvalue weighted by Crippen LogP contribution is -2.62. The smallest absolute Gasteiger partial charge is 0.163 e. The maximum absolute atomic E-state index is 12.8. The summed E-state index contributed by atoms with van der Waals surface area (Å²) < 4.78 is 13.1. The fourth-order valence-corrected chi connectivity index (χ4v) is 8.14. The highest BCUT2D eigenvalue weighted by Crippen LogP contribution is 2.67. The average Bonchev–Trinajstić information content (AvgIpc) is 2.78. The van der Waals surface area contributed by atoms with Gasteiger partial charge in [0.05, 0.1) is 18.3 Å². The van der Waals surface area contributed by atoms with Crippen molar-refractivity contribution in [3.05, 3.63) is 0 Å². The van der Waals surface area contributed by atoms with E-state index in [9.17, 15) is 9.90 Å². The van der Waals surface area contributed by atoms with Crippen molar-refractivity contribution in [2.45, 2.75) is 96.7 Å². The van der Waals surface area contributed by atoms with Crippen molar-refractivity contribution in [3.8, 4) is 0 Å². The third-order valence-electron chi connectivity index (χ3n) is 9.19. The molecular weight excluding hydrogens is 328 g/mol. The molecule has 9 atom stereocenters. The average molecular weight is 363 g/mol. The van der Waals surface area contributed by atoms with Gasteiger partial charge in [0.2, 0.25) is 0 Å². The van der Waals surface area contributed by atoms with E-state index in [-0.39, 0.29) is 29.1 Å². The predicted molar refractivity (Wildman–Crippen MR) is 97.3 cm³/mol. The van der Waals surface area contributed by atoms with Crippen molar-refractivity contribution >= 4 is 5.78 Å². The summed E-state index contributed by atoms with van der Waals surface area (Å²) in [5, 5.41) is 10.5. The molecule has 4 heteroatoms. The molecule has 4 aliphatic carbocycles. The van der Waals surface area contributed by atoms with E-state index >= 15 is 0 Å². The highest BCUT2D eigenvalue weighted by molar-refractivity contribution is 5.87. The summed E-state index contributed by atoms with van der Waals surface area (Å²) in [7, 11) is 0. The standard InChI is InChI=1S/C22H34O4/c1-20(2)25-16-11-21(3)15(7-8-17(21)24)14-6-5-12-9-13(23)10-18(26-20)22(12,4)19(14)16/h12-16,18-19,23H,5-11H2,1-4H3/t12-,13-,14-,15-,16+,18+,19+,21-,22+/m0/s1. The second-order valence-electron chi connectivity index (χ2n) is 10.8. The monoisotopic (exact) mass is 362 g/mol. The van der Waals surface area contributed by atoms with Crippen LogP contribution < -0.4 is 0 Å². The Kier molecular flexibility index (Phi) is 3.61. The minimum absolute atomic E-state index is 0.0468.